The van der Waals surface area contributed by atoms with Crippen LogP contribution in [0.5, 0.6) is 5.75 Å². The van der Waals surface area contributed by atoms with Crippen LogP contribution in [0.4, 0.5) is 4.39 Å². The molecule has 168 valence electrons. The first-order chi connectivity index (χ1) is 16.0. The second kappa shape index (κ2) is 8.63. The summed E-state index contributed by atoms with van der Waals surface area (Å²) in [5.41, 5.74) is 3.70. The van der Waals surface area contributed by atoms with Crippen molar-refractivity contribution in [3.63, 3.8) is 0 Å². The molecule has 2 aromatic carbocycles. The second-order valence-electron chi connectivity index (χ2n) is 8.30. The first-order valence-electron chi connectivity index (χ1n) is 10.9. The number of phenols is 1. The van der Waals surface area contributed by atoms with E-state index in [0.717, 1.165) is 6.42 Å². The zero-order chi connectivity index (χ0) is 22.9. The molecule has 1 amide bonds. The highest BCUT2D eigenvalue weighted by atomic mass is 19.1. The van der Waals surface area contributed by atoms with Crippen LogP contribution in [0, 0.1) is 12.7 Å². The SMILES string of the molecule is Cc1n[nH]c2nc(-c3ccc(O)c(F)c3)cc(C(=O)N3CCNCC3Cc3ccccc3)c12. The molecule has 4 aromatic rings. The van der Waals surface area contributed by atoms with E-state index in [0.29, 0.717) is 53.2 Å². The number of nitrogens with zero attached hydrogens (tertiary/aromatic N) is 3. The molecule has 0 bridgehead atoms. The minimum Gasteiger partial charge on any atom is -0.505 e. The van der Waals surface area contributed by atoms with Gasteiger partial charge in [0.25, 0.3) is 5.91 Å². The number of phenolic OH excluding ortho intramolecular Hbond substituents is 1. The first kappa shape index (κ1) is 21.1. The molecule has 1 saturated heterocycles. The van der Waals surface area contributed by atoms with Crippen LogP contribution in [0.2, 0.25) is 0 Å². The van der Waals surface area contributed by atoms with Crippen LogP contribution in [0.25, 0.3) is 22.3 Å². The van der Waals surface area contributed by atoms with Crippen molar-refractivity contribution in [2.45, 2.75) is 19.4 Å². The topological polar surface area (TPSA) is 94.1 Å². The fourth-order valence-electron chi connectivity index (χ4n) is 4.42. The van der Waals surface area contributed by atoms with E-state index >= 15 is 0 Å². The molecular weight excluding hydrogens is 421 g/mol. The number of amides is 1. The van der Waals surface area contributed by atoms with Crippen molar-refractivity contribution in [1.29, 1.82) is 0 Å². The molecule has 1 fully saturated rings. The number of piperazine rings is 1. The molecule has 1 atom stereocenters. The van der Waals surface area contributed by atoms with Crippen LogP contribution in [-0.4, -0.2) is 56.8 Å². The lowest BCUT2D eigenvalue weighted by Gasteiger charge is -2.36. The van der Waals surface area contributed by atoms with Crippen LogP contribution in [0.3, 0.4) is 0 Å². The van der Waals surface area contributed by atoms with Gasteiger partial charge < -0.3 is 15.3 Å². The molecule has 1 unspecified atom stereocenters. The third-order valence-electron chi connectivity index (χ3n) is 6.11. The summed E-state index contributed by atoms with van der Waals surface area (Å²) < 4.78 is 14.0. The van der Waals surface area contributed by atoms with Gasteiger partial charge in [-0.05, 0) is 43.2 Å². The number of carbonyl (C=O) groups excluding carboxylic acids is 1. The third-order valence-corrected chi connectivity index (χ3v) is 6.11. The number of carbonyl (C=O) groups is 1. The molecule has 0 spiro atoms. The molecular formula is C25H24FN5O2. The van der Waals surface area contributed by atoms with Crippen molar-refractivity contribution in [2.24, 2.45) is 0 Å². The summed E-state index contributed by atoms with van der Waals surface area (Å²) >= 11 is 0. The summed E-state index contributed by atoms with van der Waals surface area (Å²) in [7, 11) is 0. The number of H-pyrrole nitrogens is 1. The van der Waals surface area contributed by atoms with Crippen LogP contribution < -0.4 is 5.32 Å². The number of halogens is 1. The zero-order valence-electron chi connectivity index (χ0n) is 18.2. The minimum atomic E-state index is -0.743. The number of hydrogen-bond acceptors (Lipinski definition) is 5. The van der Waals surface area contributed by atoms with E-state index in [1.54, 1.807) is 12.1 Å². The van der Waals surface area contributed by atoms with Crippen molar-refractivity contribution in [1.82, 2.24) is 25.4 Å². The number of pyridine rings is 1. The van der Waals surface area contributed by atoms with Gasteiger partial charge in [-0.25, -0.2) is 9.37 Å². The number of aromatic hydroxyl groups is 1. The van der Waals surface area contributed by atoms with E-state index in [1.165, 1.54) is 17.7 Å². The molecule has 5 rings (SSSR count). The predicted octanol–water partition coefficient (Wildman–Crippen LogP) is 3.43. The van der Waals surface area contributed by atoms with Gasteiger partial charge in [-0.1, -0.05) is 30.3 Å². The number of fused-ring (bicyclic) bond motifs is 1. The average Bonchev–Trinajstić information content (AvgIpc) is 3.21. The fourth-order valence-corrected chi connectivity index (χ4v) is 4.42. The van der Waals surface area contributed by atoms with Gasteiger partial charge in [-0.3, -0.25) is 9.89 Å². The predicted molar refractivity (Wildman–Crippen MR) is 124 cm³/mol. The normalized spacial score (nSPS) is 16.3. The number of aryl methyl sites for hydroxylation is 1. The van der Waals surface area contributed by atoms with Gasteiger partial charge in [0.2, 0.25) is 0 Å². The maximum Gasteiger partial charge on any atom is 0.255 e. The summed E-state index contributed by atoms with van der Waals surface area (Å²) in [6, 6.07) is 15.9. The highest BCUT2D eigenvalue weighted by Gasteiger charge is 2.30. The summed E-state index contributed by atoms with van der Waals surface area (Å²) in [6.45, 7) is 3.83. The molecule has 0 radical (unpaired) electrons. The van der Waals surface area contributed by atoms with Crippen molar-refractivity contribution < 1.29 is 14.3 Å². The highest BCUT2D eigenvalue weighted by molar-refractivity contribution is 6.07. The Balaban J connectivity index is 1.56. The highest BCUT2D eigenvalue weighted by Crippen LogP contribution is 2.29. The first-order valence-corrected chi connectivity index (χ1v) is 10.9. The van der Waals surface area contributed by atoms with E-state index in [1.807, 2.05) is 30.0 Å². The summed E-state index contributed by atoms with van der Waals surface area (Å²) in [5, 5.41) is 20.7. The Kier molecular flexibility index (Phi) is 5.51. The van der Waals surface area contributed by atoms with Gasteiger partial charge >= 0.3 is 0 Å². The molecule has 1 aliphatic rings. The van der Waals surface area contributed by atoms with E-state index in [-0.39, 0.29) is 11.9 Å². The zero-order valence-corrected chi connectivity index (χ0v) is 18.2. The molecule has 3 N–H and O–H groups in total. The number of benzene rings is 2. The molecule has 7 nitrogen and oxygen atoms in total. The maximum absolute atomic E-state index is 14.0. The molecule has 33 heavy (non-hydrogen) atoms. The van der Waals surface area contributed by atoms with Crippen molar-refractivity contribution in [3.8, 4) is 17.0 Å². The number of rotatable bonds is 4. The minimum absolute atomic E-state index is 0.00126. The van der Waals surface area contributed by atoms with Crippen molar-refractivity contribution in [3.05, 3.63) is 77.2 Å². The average molecular weight is 445 g/mol. The second-order valence-corrected chi connectivity index (χ2v) is 8.30. The van der Waals surface area contributed by atoms with Crippen molar-refractivity contribution in [2.75, 3.05) is 19.6 Å². The molecule has 3 heterocycles. The fraction of sp³-hybridized carbons (Fsp3) is 0.240. The largest absolute Gasteiger partial charge is 0.505 e. The Morgan fingerprint density at radius 3 is 2.82 bits per heavy atom. The van der Waals surface area contributed by atoms with Gasteiger partial charge in [-0.2, -0.15) is 5.10 Å². The standard InChI is InChI=1S/C25H24FN5O2/c1-15-23-19(13-21(28-24(23)30-29-15)17-7-8-22(32)20(26)12-17)25(33)31-10-9-27-14-18(31)11-16-5-3-2-4-6-16/h2-8,12-13,18,27,32H,9-11,14H2,1H3,(H,28,29,30). The van der Waals surface area contributed by atoms with Crippen LogP contribution >= 0.6 is 0 Å². The summed E-state index contributed by atoms with van der Waals surface area (Å²) in [5.74, 6) is -1.28. The molecule has 0 aliphatic carbocycles. The summed E-state index contributed by atoms with van der Waals surface area (Å²) in [4.78, 5) is 20.4. The number of aromatic amines is 1. The van der Waals surface area contributed by atoms with Gasteiger partial charge in [0.05, 0.1) is 22.3 Å². The monoisotopic (exact) mass is 445 g/mol. The van der Waals surface area contributed by atoms with E-state index in [9.17, 15) is 14.3 Å². The molecule has 2 aromatic heterocycles. The Morgan fingerprint density at radius 2 is 2.03 bits per heavy atom. The number of nitrogens with one attached hydrogen (secondary N) is 2. The Hall–Kier alpha value is -3.78. The Morgan fingerprint density at radius 1 is 1.21 bits per heavy atom. The van der Waals surface area contributed by atoms with Crippen LogP contribution in [0.15, 0.2) is 54.6 Å². The molecule has 0 saturated carbocycles. The van der Waals surface area contributed by atoms with Crippen LogP contribution in [-0.2, 0) is 6.42 Å². The van der Waals surface area contributed by atoms with Gasteiger partial charge in [0.15, 0.2) is 17.2 Å². The van der Waals surface area contributed by atoms with E-state index in [2.05, 4.69) is 32.6 Å². The molecule has 8 heteroatoms. The van der Waals surface area contributed by atoms with Crippen LogP contribution in [0.1, 0.15) is 21.6 Å². The lowest BCUT2D eigenvalue weighted by molar-refractivity contribution is 0.0638. The number of aromatic nitrogens is 3. The van der Waals surface area contributed by atoms with E-state index in [4.69, 9.17) is 0 Å². The third kappa shape index (κ3) is 4.05. The Bertz CT molecular complexity index is 1320. The lowest BCUT2D eigenvalue weighted by atomic mass is 10.00. The number of hydrogen-bond donors (Lipinski definition) is 3. The van der Waals surface area contributed by atoms with E-state index < -0.39 is 11.6 Å². The van der Waals surface area contributed by atoms with Crippen molar-refractivity contribution >= 4 is 16.9 Å². The lowest BCUT2D eigenvalue weighted by Crippen LogP contribution is -2.54. The summed E-state index contributed by atoms with van der Waals surface area (Å²) in [6.07, 6.45) is 0.744. The Labute approximate surface area is 190 Å². The van der Waals surface area contributed by atoms with Gasteiger partial charge in [0.1, 0.15) is 0 Å². The quantitative estimate of drug-likeness (QED) is 0.447. The van der Waals surface area contributed by atoms with Gasteiger partial charge in [-0.15, -0.1) is 0 Å². The smallest absolute Gasteiger partial charge is 0.255 e. The maximum atomic E-state index is 14.0. The van der Waals surface area contributed by atoms with Gasteiger partial charge in [0, 0.05) is 31.2 Å². The molecule has 1 aliphatic heterocycles.